The second kappa shape index (κ2) is 7.22. The summed E-state index contributed by atoms with van der Waals surface area (Å²) in [7, 11) is 0. The summed E-state index contributed by atoms with van der Waals surface area (Å²) in [5.74, 6) is -0.0815. The van der Waals surface area contributed by atoms with E-state index in [-0.39, 0.29) is 16.8 Å². The van der Waals surface area contributed by atoms with Gasteiger partial charge in [-0.25, -0.2) is 0 Å². The summed E-state index contributed by atoms with van der Waals surface area (Å²) >= 11 is 0. The molecule has 0 bridgehead atoms. The number of nitrogens with zero attached hydrogens (tertiary/aromatic N) is 1. The minimum absolute atomic E-state index is 0.0349. The number of carbonyl (C=O) groups excluding carboxylic acids is 1. The summed E-state index contributed by atoms with van der Waals surface area (Å²) in [6.07, 6.45) is -0.763. The van der Waals surface area contributed by atoms with Crippen LogP contribution in [-0.2, 0) is 6.54 Å². The molecule has 1 aromatic carbocycles. The number of allylic oxidation sites excluding steroid dienone is 4. The van der Waals surface area contributed by atoms with Gasteiger partial charge in [0.25, 0.3) is 0 Å². The number of ketones is 1. The molecule has 0 amide bonds. The lowest BCUT2D eigenvalue weighted by atomic mass is 9.96. The van der Waals surface area contributed by atoms with Crippen molar-refractivity contribution >= 4 is 22.3 Å². The first-order chi connectivity index (χ1) is 12.4. The lowest BCUT2D eigenvalue weighted by Crippen LogP contribution is -2.14. The van der Waals surface area contributed by atoms with E-state index in [2.05, 4.69) is 33.9 Å². The van der Waals surface area contributed by atoms with Crippen molar-refractivity contribution in [2.75, 3.05) is 0 Å². The second-order valence-corrected chi connectivity index (χ2v) is 7.75. The van der Waals surface area contributed by atoms with Crippen LogP contribution >= 0.6 is 0 Å². The van der Waals surface area contributed by atoms with Crippen LogP contribution in [0.2, 0.25) is 0 Å². The molecule has 5 heteroatoms. The maximum Gasteiger partial charge on any atom is 0.416 e. The van der Waals surface area contributed by atoms with Gasteiger partial charge in [-0.1, -0.05) is 58.2 Å². The summed E-state index contributed by atoms with van der Waals surface area (Å²) in [6, 6.07) is 4.96. The summed E-state index contributed by atoms with van der Waals surface area (Å²) in [6.45, 7) is 15.1. The fraction of sp³-hybridized carbons (Fsp3) is 0.318. The Morgan fingerprint density at radius 2 is 1.78 bits per heavy atom. The number of alkyl halides is 3. The van der Waals surface area contributed by atoms with E-state index in [0.29, 0.717) is 17.7 Å². The molecule has 0 aliphatic heterocycles. The lowest BCUT2D eigenvalue weighted by Gasteiger charge is -2.20. The highest BCUT2D eigenvalue weighted by Crippen LogP contribution is 2.35. The Kier molecular flexibility index (Phi) is 5.55. The van der Waals surface area contributed by atoms with E-state index in [9.17, 15) is 18.0 Å². The van der Waals surface area contributed by atoms with E-state index in [1.807, 2.05) is 4.57 Å². The van der Waals surface area contributed by atoms with Crippen molar-refractivity contribution < 1.29 is 18.0 Å². The molecular weight excluding hydrogens is 351 g/mol. The Bertz CT molecular complexity index is 937. The zero-order chi connectivity index (χ0) is 20.6. The first-order valence-corrected chi connectivity index (χ1v) is 8.59. The Labute approximate surface area is 157 Å². The van der Waals surface area contributed by atoms with Gasteiger partial charge in [0, 0.05) is 29.2 Å². The number of fused-ring (bicyclic) bond motifs is 1. The summed E-state index contributed by atoms with van der Waals surface area (Å²) in [4.78, 5) is 12.0. The molecule has 27 heavy (non-hydrogen) atoms. The van der Waals surface area contributed by atoms with Crippen molar-refractivity contribution in [2.45, 2.75) is 40.4 Å². The van der Waals surface area contributed by atoms with Gasteiger partial charge in [0.2, 0.25) is 0 Å². The van der Waals surface area contributed by atoms with Crippen LogP contribution in [0, 0.1) is 5.41 Å². The molecule has 0 saturated carbocycles. The molecule has 0 atom stereocenters. The van der Waals surface area contributed by atoms with Gasteiger partial charge in [0.05, 0.1) is 5.57 Å². The van der Waals surface area contributed by atoms with Gasteiger partial charge in [0.15, 0.2) is 5.78 Å². The minimum Gasteiger partial charge on any atom is -0.346 e. The van der Waals surface area contributed by atoms with Crippen LogP contribution in [0.1, 0.15) is 43.6 Å². The zero-order valence-corrected chi connectivity index (χ0v) is 16.1. The van der Waals surface area contributed by atoms with Crippen molar-refractivity contribution in [3.8, 4) is 0 Å². The van der Waals surface area contributed by atoms with E-state index in [1.165, 1.54) is 13.0 Å². The van der Waals surface area contributed by atoms with E-state index in [4.69, 9.17) is 0 Å². The molecule has 0 saturated heterocycles. The number of hydrogen-bond donors (Lipinski definition) is 0. The van der Waals surface area contributed by atoms with Crippen LogP contribution < -0.4 is 0 Å². The predicted octanol–water partition coefficient (Wildman–Crippen LogP) is 6.58. The molecule has 0 fully saturated rings. The second-order valence-electron chi connectivity index (χ2n) is 7.75. The molecular formula is C22H24F3NO. The van der Waals surface area contributed by atoms with E-state index in [0.717, 1.165) is 17.0 Å². The number of rotatable bonds is 5. The minimum atomic E-state index is -4.53. The number of halogens is 3. The first-order valence-electron chi connectivity index (χ1n) is 8.59. The SMILES string of the molecule is C=C/C(=C(\C=C)C(F)(F)F)c1ccc2c(C(C)=O)cn(CC(C)(C)C)c2c1. The normalized spacial score (nSPS) is 13.4. The van der Waals surface area contributed by atoms with Crippen LogP contribution in [-0.4, -0.2) is 16.5 Å². The highest BCUT2D eigenvalue weighted by atomic mass is 19.4. The zero-order valence-electron chi connectivity index (χ0n) is 16.1. The molecule has 2 aromatic rings. The van der Waals surface area contributed by atoms with Crippen LogP contribution in [0.25, 0.3) is 16.5 Å². The Morgan fingerprint density at radius 3 is 2.22 bits per heavy atom. The van der Waals surface area contributed by atoms with Crippen LogP contribution in [0.15, 0.2) is 55.3 Å². The van der Waals surface area contributed by atoms with E-state index >= 15 is 0 Å². The van der Waals surface area contributed by atoms with Gasteiger partial charge in [0.1, 0.15) is 0 Å². The van der Waals surface area contributed by atoms with Crippen molar-refractivity contribution in [1.82, 2.24) is 4.57 Å². The Hall–Kier alpha value is -2.56. The van der Waals surface area contributed by atoms with Gasteiger partial charge >= 0.3 is 6.18 Å². The average molecular weight is 375 g/mol. The maximum atomic E-state index is 13.3. The van der Waals surface area contributed by atoms with Gasteiger partial charge in [-0.2, -0.15) is 13.2 Å². The van der Waals surface area contributed by atoms with Gasteiger partial charge in [-0.15, -0.1) is 0 Å². The standard InChI is InChI=1S/C22H24F3NO/c1-7-16(19(8-2)22(23,24)25)15-9-10-17-18(14(3)27)12-26(20(17)11-15)13-21(4,5)6/h7-12H,1-2,13H2,3-6H3/b19-16-. The number of benzene rings is 1. The van der Waals surface area contributed by atoms with Crippen molar-refractivity contribution in [3.63, 3.8) is 0 Å². The summed E-state index contributed by atoms with van der Waals surface area (Å²) in [5, 5.41) is 0.728. The molecule has 0 radical (unpaired) electrons. The number of hydrogen-bond acceptors (Lipinski definition) is 1. The third-order valence-electron chi connectivity index (χ3n) is 4.22. The smallest absolute Gasteiger partial charge is 0.346 e. The summed E-state index contributed by atoms with van der Waals surface area (Å²) in [5.41, 5.74) is 0.728. The molecule has 2 nitrogen and oxygen atoms in total. The van der Waals surface area contributed by atoms with E-state index < -0.39 is 11.7 Å². The Balaban J connectivity index is 2.80. The van der Waals surface area contributed by atoms with Gasteiger partial charge in [-0.3, -0.25) is 4.79 Å². The van der Waals surface area contributed by atoms with Crippen LogP contribution in [0.4, 0.5) is 13.2 Å². The summed E-state index contributed by atoms with van der Waals surface area (Å²) < 4.78 is 42.0. The van der Waals surface area contributed by atoms with Crippen molar-refractivity contribution in [2.24, 2.45) is 5.41 Å². The number of carbonyl (C=O) groups is 1. The van der Waals surface area contributed by atoms with E-state index in [1.54, 1.807) is 24.4 Å². The molecule has 0 spiro atoms. The molecule has 0 aliphatic carbocycles. The highest BCUT2D eigenvalue weighted by Gasteiger charge is 2.34. The third kappa shape index (κ3) is 4.41. The fourth-order valence-corrected chi connectivity index (χ4v) is 3.14. The van der Waals surface area contributed by atoms with Crippen molar-refractivity contribution in [1.29, 1.82) is 0 Å². The fourth-order valence-electron chi connectivity index (χ4n) is 3.14. The van der Waals surface area contributed by atoms with Crippen LogP contribution in [0.5, 0.6) is 0 Å². The number of Topliss-reactive ketones (excluding diaryl/α,β-unsaturated/α-hetero) is 1. The molecule has 144 valence electrons. The molecule has 0 N–H and O–H groups in total. The largest absolute Gasteiger partial charge is 0.416 e. The first kappa shape index (κ1) is 20.7. The maximum absolute atomic E-state index is 13.3. The third-order valence-corrected chi connectivity index (χ3v) is 4.22. The van der Waals surface area contributed by atoms with Crippen LogP contribution in [0.3, 0.4) is 0 Å². The predicted molar refractivity (Wildman–Crippen MR) is 105 cm³/mol. The van der Waals surface area contributed by atoms with Gasteiger partial charge in [-0.05, 0) is 29.5 Å². The average Bonchev–Trinajstić information content (AvgIpc) is 2.87. The molecule has 1 aromatic heterocycles. The molecule has 1 heterocycles. The highest BCUT2D eigenvalue weighted by molar-refractivity contribution is 6.07. The molecule has 2 rings (SSSR count). The monoisotopic (exact) mass is 375 g/mol. The molecule has 0 aliphatic rings. The van der Waals surface area contributed by atoms with Crippen molar-refractivity contribution in [3.05, 3.63) is 66.4 Å². The molecule has 0 unspecified atom stereocenters. The number of aromatic nitrogens is 1. The Morgan fingerprint density at radius 1 is 1.15 bits per heavy atom. The topological polar surface area (TPSA) is 22.0 Å². The quantitative estimate of drug-likeness (QED) is 0.427. The van der Waals surface area contributed by atoms with Gasteiger partial charge < -0.3 is 4.57 Å². The lowest BCUT2D eigenvalue weighted by molar-refractivity contribution is -0.0875.